The summed E-state index contributed by atoms with van der Waals surface area (Å²) in [6, 6.07) is 13.9. The number of nitrogens with one attached hydrogen (secondary N) is 2. The SMILES string of the molecule is CNc1ccc(C(=O)OCC(=O)NCCSCc2ccccc2)cc1[N+](=O)[O-]. The van der Waals surface area contributed by atoms with Gasteiger partial charge in [0.2, 0.25) is 0 Å². The zero-order valence-corrected chi connectivity index (χ0v) is 16.2. The van der Waals surface area contributed by atoms with Gasteiger partial charge in [-0.25, -0.2) is 4.79 Å². The molecular formula is C19H21N3O5S. The first-order chi connectivity index (χ1) is 13.5. The van der Waals surface area contributed by atoms with Gasteiger partial charge in [-0.05, 0) is 17.7 Å². The number of hydrogen-bond donors (Lipinski definition) is 2. The molecule has 0 spiro atoms. The largest absolute Gasteiger partial charge is 0.452 e. The van der Waals surface area contributed by atoms with Crippen molar-refractivity contribution in [1.82, 2.24) is 5.32 Å². The van der Waals surface area contributed by atoms with Crippen molar-refractivity contribution in [2.75, 3.05) is 31.3 Å². The van der Waals surface area contributed by atoms with E-state index in [1.807, 2.05) is 30.3 Å². The molecule has 148 valence electrons. The van der Waals surface area contributed by atoms with E-state index in [1.165, 1.54) is 17.7 Å². The van der Waals surface area contributed by atoms with Crippen molar-refractivity contribution in [1.29, 1.82) is 0 Å². The van der Waals surface area contributed by atoms with Crippen LogP contribution in [0.3, 0.4) is 0 Å². The molecule has 2 N–H and O–H groups in total. The zero-order valence-electron chi connectivity index (χ0n) is 15.3. The molecule has 28 heavy (non-hydrogen) atoms. The van der Waals surface area contributed by atoms with Crippen LogP contribution in [0.25, 0.3) is 0 Å². The van der Waals surface area contributed by atoms with Gasteiger partial charge in [0.25, 0.3) is 11.6 Å². The van der Waals surface area contributed by atoms with Crippen molar-refractivity contribution >= 4 is 35.0 Å². The molecule has 1 amide bonds. The highest BCUT2D eigenvalue weighted by atomic mass is 32.2. The molecule has 0 atom stereocenters. The van der Waals surface area contributed by atoms with Gasteiger partial charge in [-0.3, -0.25) is 14.9 Å². The molecule has 0 aromatic heterocycles. The normalized spacial score (nSPS) is 10.2. The van der Waals surface area contributed by atoms with Crippen LogP contribution < -0.4 is 10.6 Å². The fraction of sp³-hybridized carbons (Fsp3) is 0.263. The van der Waals surface area contributed by atoms with E-state index in [0.29, 0.717) is 6.54 Å². The number of nitrogens with zero attached hydrogens (tertiary/aromatic N) is 1. The second-order valence-corrected chi connectivity index (χ2v) is 6.81. The van der Waals surface area contributed by atoms with Crippen LogP contribution in [-0.2, 0) is 15.3 Å². The van der Waals surface area contributed by atoms with E-state index < -0.39 is 23.4 Å². The number of anilines is 1. The highest BCUT2D eigenvalue weighted by Crippen LogP contribution is 2.25. The summed E-state index contributed by atoms with van der Waals surface area (Å²) in [5.41, 5.74) is 1.27. The first-order valence-corrected chi connectivity index (χ1v) is 9.68. The van der Waals surface area contributed by atoms with Crippen LogP contribution in [0.2, 0.25) is 0 Å². The van der Waals surface area contributed by atoms with Crippen LogP contribution >= 0.6 is 11.8 Å². The third kappa shape index (κ3) is 6.58. The van der Waals surface area contributed by atoms with Gasteiger partial charge >= 0.3 is 5.97 Å². The average Bonchev–Trinajstić information content (AvgIpc) is 2.71. The Kier molecular flexibility index (Phi) is 8.29. The van der Waals surface area contributed by atoms with E-state index in [0.717, 1.165) is 17.6 Å². The third-order valence-electron chi connectivity index (χ3n) is 3.71. The number of nitro benzene ring substituents is 1. The predicted molar refractivity (Wildman–Crippen MR) is 109 cm³/mol. The van der Waals surface area contributed by atoms with Gasteiger partial charge < -0.3 is 15.4 Å². The van der Waals surface area contributed by atoms with E-state index in [4.69, 9.17) is 4.74 Å². The molecule has 9 heteroatoms. The minimum atomic E-state index is -0.792. The van der Waals surface area contributed by atoms with Crippen molar-refractivity contribution in [3.8, 4) is 0 Å². The van der Waals surface area contributed by atoms with E-state index in [9.17, 15) is 19.7 Å². The highest BCUT2D eigenvalue weighted by molar-refractivity contribution is 7.98. The summed E-state index contributed by atoms with van der Waals surface area (Å²) in [5, 5.41) is 16.4. The van der Waals surface area contributed by atoms with Crippen molar-refractivity contribution in [2.24, 2.45) is 0 Å². The van der Waals surface area contributed by atoms with E-state index in [2.05, 4.69) is 10.6 Å². The minimum Gasteiger partial charge on any atom is -0.452 e. The van der Waals surface area contributed by atoms with Crippen LogP contribution in [-0.4, -0.2) is 42.8 Å². The summed E-state index contributed by atoms with van der Waals surface area (Å²) in [4.78, 5) is 34.2. The van der Waals surface area contributed by atoms with Crippen molar-refractivity contribution in [3.63, 3.8) is 0 Å². The van der Waals surface area contributed by atoms with Crippen LogP contribution in [0, 0.1) is 10.1 Å². The topological polar surface area (TPSA) is 111 Å². The summed E-state index contributed by atoms with van der Waals surface area (Å²) in [6.07, 6.45) is 0. The molecule has 2 aromatic rings. The number of nitro groups is 1. The molecule has 2 aromatic carbocycles. The molecule has 2 rings (SSSR count). The van der Waals surface area contributed by atoms with Crippen molar-refractivity contribution < 1.29 is 19.2 Å². The van der Waals surface area contributed by atoms with E-state index in [-0.39, 0.29) is 16.9 Å². The Balaban J connectivity index is 1.71. The van der Waals surface area contributed by atoms with Crippen molar-refractivity contribution in [3.05, 3.63) is 69.8 Å². The van der Waals surface area contributed by atoms with Gasteiger partial charge in [0, 0.05) is 31.2 Å². The van der Waals surface area contributed by atoms with Crippen LogP contribution in [0.5, 0.6) is 0 Å². The number of benzene rings is 2. The summed E-state index contributed by atoms with van der Waals surface area (Å²) in [7, 11) is 1.54. The maximum Gasteiger partial charge on any atom is 0.338 e. The van der Waals surface area contributed by atoms with Gasteiger partial charge in [0.05, 0.1) is 10.5 Å². The Bertz CT molecular complexity index is 830. The number of carbonyl (C=O) groups excluding carboxylic acids is 2. The number of esters is 1. The smallest absolute Gasteiger partial charge is 0.338 e. The molecule has 0 aliphatic heterocycles. The molecule has 0 aliphatic carbocycles. The van der Waals surface area contributed by atoms with Gasteiger partial charge in [-0.1, -0.05) is 30.3 Å². The number of carbonyl (C=O) groups is 2. The fourth-order valence-electron chi connectivity index (χ4n) is 2.31. The highest BCUT2D eigenvalue weighted by Gasteiger charge is 2.18. The minimum absolute atomic E-state index is 0.0110. The average molecular weight is 403 g/mol. The predicted octanol–water partition coefficient (Wildman–Crippen LogP) is 2.84. The number of rotatable bonds is 10. The Morgan fingerprint density at radius 1 is 1.18 bits per heavy atom. The standard InChI is InChI=1S/C19H21N3O5S/c1-20-16-8-7-15(11-17(16)22(25)26)19(24)27-12-18(23)21-9-10-28-13-14-5-3-2-4-6-14/h2-8,11,20H,9-10,12-13H2,1H3,(H,21,23). The lowest BCUT2D eigenvalue weighted by atomic mass is 10.1. The maximum absolute atomic E-state index is 12.0. The number of amides is 1. The monoisotopic (exact) mass is 403 g/mol. The quantitative estimate of drug-likeness (QED) is 0.272. The Labute approximate surface area is 166 Å². The Hall–Kier alpha value is -3.07. The first-order valence-electron chi connectivity index (χ1n) is 8.53. The van der Waals surface area contributed by atoms with E-state index >= 15 is 0 Å². The fourth-order valence-corrected chi connectivity index (χ4v) is 3.13. The number of hydrogen-bond acceptors (Lipinski definition) is 7. The van der Waals surface area contributed by atoms with Gasteiger partial charge in [-0.15, -0.1) is 0 Å². The van der Waals surface area contributed by atoms with Gasteiger partial charge in [0.15, 0.2) is 6.61 Å². The molecule has 0 saturated heterocycles. The molecule has 0 radical (unpaired) electrons. The van der Waals surface area contributed by atoms with Gasteiger partial charge in [-0.2, -0.15) is 11.8 Å². The summed E-state index contributed by atoms with van der Waals surface area (Å²) >= 11 is 1.69. The molecule has 0 bridgehead atoms. The molecular weight excluding hydrogens is 382 g/mol. The molecule has 0 heterocycles. The number of ether oxygens (including phenoxy) is 1. The van der Waals surface area contributed by atoms with Crippen molar-refractivity contribution in [2.45, 2.75) is 5.75 Å². The van der Waals surface area contributed by atoms with E-state index in [1.54, 1.807) is 18.8 Å². The summed E-state index contributed by atoms with van der Waals surface area (Å²) in [6.45, 7) is 0.0139. The first kappa shape index (κ1) is 21.2. The van der Waals surface area contributed by atoms with Gasteiger partial charge in [0.1, 0.15) is 5.69 Å². The zero-order chi connectivity index (χ0) is 20.4. The maximum atomic E-state index is 12.0. The molecule has 0 unspecified atom stereocenters. The number of thioether (sulfide) groups is 1. The lowest BCUT2D eigenvalue weighted by Gasteiger charge is -2.08. The lowest BCUT2D eigenvalue weighted by molar-refractivity contribution is -0.384. The summed E-state index contributed by atoms with van der Waals surface area (Å²) in [5.74, 6) is 0.369. The Morgan fingerprint density at radius 2 is 1.93 bits per heavy atom. The molecule has 0 fully saturated rings. The third-order valence-corrected chi connectivity index (χ3v) is 4.74. The Morgan fingerprint density at radius 3 is 2.61 bits per heavy atom. The summed E-state index contributed by atoms with van der Waals surface area (Å²) < 4.78 is 4.92. The van der Waals surface area contributed by atoms with Crippen LogP contribution in [0.1, 0.15) is 15.9 Å². The second-order valence-electron chi connectivity index (χ2n) is 5.70. The lowest BCUT2D eigenvalue weighted by Crippen LogP contribution is -2.30. The van der Waals surface area contributed by atoms with Crippen LogP contribution in [0.15, 0.2) is 48.5 Å². The second kappa shape index (κ2) is 10.9. The molecule has 0 aliphatic rings. The molecule has 8 nitrogen and oxygen atoms in total. The molecule has 0 saturated carbocycles. The van der Waals surface area contributed by atoms with Crippen LogP contribution in [0.4, 0.5) is 11.4 Å².